The second-order valence-corrected chi connectivity index (χ2v) is 9.65. The summed E-state index contributed by atoms with van der Waals surface area (Å²) >= 11 is 0. The largest absolute Gasteiger partial charge is 0.341 e. The third-order valence-corrected chi connectivity index (χ3v) is 7.59. The Balaban J connectivity index is 1.35. The molecule has 0 saturated carbocycles. The minimum atomic E-state index is -0.0526. The molecule has 3 aromatic rings. The summed E-state index contributed by atoms with van der Waals surface area (Å²) in [4.78, 5) is 18.4. The molecule has 0 aliphatic carbocycles. The Morgan fingerprint density at radius 2 is 1.55 bits per heavy atom. The monoisotopic (exact) mass is 438 g/mol. The van der Waals surface area contributed by atoms with Gasteiger partial charge in [-0.15, -0.1) is 0 Å². The summed E-state index contributed by atoms with van der Waals surface area (Å²) in [5.74, 6) is 1.08. The lowest BCUT2D eigenvalue weighted by Crippen LogP contribution is -2.37. The van der Waals surface area contributed by atoms with Gasteiger partial charge in [0.2, 0.25) is 5.91 Å². The van der Waals surface area contributed by atoms with Gasteiger partial charge in [-0.1, -0.05) is 91.9 Å². The fourth-order valence-corrected chi connectivity index (χ4v) is 5.81. The molecule has 3 heteroatoms. The predicted octanol–water partition coefficient (Wildman–Crippen LogP) is 5.48. The Labute approximate surface area is 198 Å². The van der Waals surface area contributed by atoms with Crippen molar-refractivity contribution in [1.29, 1.82) is 0 Å². The first kappa shape index (κ1) is 21.9. The van der Waals surface area contributed by atoms with Crippen LogP contribution < -0.4 is 0 Å². The summed E-state index contributed by atoms with van der Waals surface area (Å²) < 4.78 is 0. The fraction of sp³-hybridized carbons (Fsp3) is 0.367. The van der Waals surface area contributed by atoms with Crippen molar-refractivity contribution >= 4 is 5.91 Å². The van der Waals surface area contributed by atoms with Gasteiger partial charge in [-0.25, -0.2) is 0 Å². The van der Waals surface area contributed by atoms with Crippen LogP contribution in [0.1, 0.15) is 47.4 Å². The summed E-state index contributed by atoms with van der Waals surface area (Å²) in [7, 11) is 0. The van der Waals surface area contributed by atoms with Gasteiger partial charge in [0.1, 0.15) is 0 Å². The van der Waals surface area contributed by atoms with E-state index >= 15 is 0 Å². The number of likely N-dealkylation sites (tertiary alicyclic amines) is 1. The van der Waals surface area contributed by atoms with E-state index in [0.717, 1.165) is 51.1 Å². The zero-order chi connectivity index (χ0) is 22.6. The van der Waals surface area contributed by atoms with E-state index < -0.39 is 0 Å². The smallest absolute Gasteiger partial charge is 0.230 e. The number of carbonyl (C=O) groups is 1. The average molecular weight is 439 g/mol. The molecule has 0 spiro atoms. The summed E-state index contributed by atoms with van der Waals surface area (Å²) in [6, 6.07) is 30.0. The number of carbonyl (C=O) groups excluding carboxylic acids is 1. The maximum Gasteiger partial charge on any atom is 0.230 e. The van der Waals surface area contributed by atoms with Crippen LogP contribution in [0.25, 0.3) is 0 Å². The van der Waals surface area contributed by atoms with E-state index in [1.807, 2.05) is 18.2 Å². The SMILES string of the molecule is CCC(C(=O)N1CC(CN2CCc3ccccc3C2)C(c2ccccc2)C1)c1ccccc1. The van der Waals surface area contributed by atoms with Crippen LogP contribution in [0, 0.1) is 5.92 Å². The fourth-order valence-electron chi connectivity index (χ4n) is 5.81. The van der Waals surface area contributed by atoms with Crippen molar-refractivity contribution in [3.63, 3.8) is 0 Å². The first-order valence-corrected chi connectivity index (χ1v) is 12.4. The zero-order valence-electron chi connectivity index (χ0n) is 19.6. The molecular formula is C30H34N2O. The number of nitrogens with zero attached hydrogens (tertiary/aromatic N) is 2. The highest BCUT2D eigenvalue weighted by Gasteiger charge is 2.39. The molecule has 3 nitrogen and oxygen atoms in total. The molecule has 2 aliphatic rings. The van der Waals surface area contributed by atoms with Crippen LogP contribution in [-0.4, -0.2) is 41.9 Å². The second-order valence-electron chi connectivity index (χ2n) is 9.65. The molecule has 2 heterocycles. The molecule has 3 unspecified atom stereocenters. The molecule has 3 atom stereocenters. The molecule has 1 amide bonds. The lowest BCUT2D eigenvalue weighted by molar-refractivity contribution is -0.132. The van der Waals surface area contributed by atoms with E-state index in [9.17, 15) is 4.79 Å². The highest BCUT2D eigenvalue weighted by Crippen LogP contribution is 2.36. The first-order chi connectivity index (χ1) is 16.2. The molecule has 2 aliphatic heterocycles. The lowest BCUT2D eigenvalue weighted by Gasteiger charge is -2.32. The van der Waals surface area contributed by atoms with Crippen molar-refractivity contribution in [2.24, 2.45) is 5.92 Å². The Hall–Kier alpha value is -2.91. The molecule has 3 aromatic carbocycles. The molecular weight excluding hydrogens is 404 g/mol. The molecule has 0 bridgehead atoms. The predicted molar refractivity (Wildman–Crippen MR) is 134 cm³/mol. The third-order valence-electron chi connectivity index (χ3n) is 7.59. The molecule has 0 N–H and O–H groups in total. The summed E-state index contributed by atoms with van der Waals surface area (Å²) in [6.07, 6.45) is 1.95. The normalized spacial score (nSPS) is 21.5. The molecule has 0 aromatic heterocycles. The Kier molecular flexibility index (Phi) is 6.59. The van der Waals surface area contributed by atoms with Gasteiger partial charge in [-0.05, 0) is 41.0 Å². The summed E-state index contributed by atoms with van der Waals surface area (Å²) in [5, 5.41) is 0. The van der Waals surface area contributed by atoms with Crippen molar-refractivity contribution < 1.29 is 4.79 Å². The van der Waals surface area contributed by atoms with Crippen molar-refractivity contribution in [1.82, 2.24) is 9.80 Å². The highest BCUT2D eigenvalue weighted by atomic mass is 16.2. The minimum Gasteiger partial charge on any atom is -0.341 e. The van der Waals surface area contributed by atoms with Gasteiger partial charge in [-0.2, -0.15) is 0 Å². The van der Waals surface area contributed by atoms with Crippen LogP contribution in [0.4, 0.5) is 0 Å². The molecule has 170 valence electrons. The van der Waals surface area contributed by atoms with Gasteiger partial charge in [0, 0.05) is 38.6 Å². The standard InChI is InChI=1S/C30H34N2O/c1-2-28(24-12-5-3-6-13-24)30(33)32-21-27(29(22-32)25-14-7-4-8-15-25)20-31-18-17-23-11-9-10-16-26(23)19-31/h3-16,27-29H,2,17-22H2,1H3. The van der Waals surface area contributed by atoms with Gasteiger partial charge in [0.05, 0.1) is 5.92 Å². The summed E-state index contributed by atoms with van der Waals surface area (Å²) in [5.41, 5.74) is 5.45. The van der Waals surface area contributed by atoms with Crippen molar-refractivity contribution in [2.75, 3.05) is 26.2 Å². The minimum absolute atomic E-state index is 0.0526. The Morgan fingerprint density at radius 3 is 2.27 bits per heavy atom. The van der Waals surface area contributed by atoms with Gasteiger partial charge in [0.15, 0.2) is 0 Å². The zero-order valence-corrected chi connectivity index (χ0v) is 19.6. The van der Waals surface area contributed by atoms with E-state index in [4.69, 9.17) is 0 Å². The number of hydrogen-bond donors (Lipinski definition) is 0. The average Bonchev–Trinajstić information content (AvgIpc) is 3.29. The van der Waals surface area contributed by atoms with Gasteiger partial charge in [-0.3, -0.25) is 9.69 Å². The van der Waals surface area contributed by atoms with E-state index in [1.54, 1.807) is 0 Å². The molecule has 0 radical (unpaired) electrons. The van der Waals surface area contributed by atoms with E-state index in [0.29, 0.717) is 11.8 Å². The number of fused-ring (bicyclic) bond motifs is 1. The quantitative estimate of drug-likeness (QED) is 0.509. The second kappa shape index (κ2) is 9.93. The van der Waals surface area contributed by atoms with Crippen LogP contribution in [-0.2, 0) is 17.8 Å². The number of rotatable bonds is 6. The highest BCUT2D eigenvalue weighted by molar-refractivity contribution is 5.84. The molecule has 1 fully saturated rings. The van der Waals surface area contributed by atoms with Crippen molar-refractivity contribution in [3.05, 3.63) is 107 Å². The summed E-state index contributed by atoms with van der Waals surface area (Å²) in [6.45, 7) is 6.96. The van der Waals surface area contributed by atoms with Crippen LogP contribution in [0.3, 0.4) is 0 Å². The maximum absolute atomic E-state index is 13.7. The van der Waals surface area contributed by atoms with Crippen molar-refractivity contribution in [2.45, 2.75) is 38.1 Å². The molecule has 33 heavy (non-hydrogen) atoms. The van der Waals surface area contributed by atoms with Crippen LogP contribution in [0.15, 0.2) is 84.9 Å². The topological polar surface area (TPSA) is 23.6 Å². The van der Waals surface area contributed by atoms with Crippen LogP contribution in [0.5, 0.6) is 0 Å². The molecule has 5 rings (SSSR count). The van der Waals surface area contributed by atoms with Crippen LogP contribution in [0.2, 0.25) is 0 Å². The maximum atomic E-state index is 13.7. The van der Waals surface area contributed by atoms with E-state index in [2.05, 4.69) is 83.5 Å². The number of hydrogen-bond acceptors (Lipinski definition) is 2. The Bertz CT molecular complexity index is 1060. The van der Waals surface area contributed by atoms with Crippen LogP contribution >= 0.6 is 0 Å². The number of benzene rings is 3. The van der Waals surface area contributed by atoms with Gasteiger partial charge in [0.25, 0.3) is 0 Å². The van der Waals surface area contributed by atoms with E-state index in [1.165, 1.54) is 16.7 Å². The number of amides is 1. The van der Waals surface area contributed by atoms with E-state index in [-0.39, 0.29) is 11.8 Å². The molecule has 1 saturated heterocycles. The van der Waals surface area contributed by atoms with Gasteiger partial charge < -0.3 is 4.90 Å². The third kappa shape index (κ3) is 4.74. The first-order valence-electron chi connectivity index (χ1n) is 12.4. The lowest BCUT2D eigenvalue weighted by atomic mass is 9.88. The van der Waals surface area contributed by atoms with Crippen molar-refractivity contribution in [3.8, 4) is 0 Å². The van der Waals surface area contributed by atoms with Gasteiger partial charge >= 0.3 is 0 Å². The Morgan fingerprint density at radius 1 is 0.879 bits per heavy atom.